The zero-order valence-electron chi connectivity index (χ0n) is 20.1. The molecule has 6 rings (SSSR count). The van der Waals surface area contributed by atoms with Crippen molar-refractivity contribution in [3.8, 4) is 34.5 Å². The van der Waals surface area contributed by atoms with Crippen LogP contribution >= 0.6 is 0 Å². The number of halogens is 1. The van der Waals surface area contributed by atoms with E-state index in [9.17, 15) is 9.18 Å². The molecule has 0 saturated carbocycles. The number of aryl methyl sites for hydroxylation is 1. The van der Waals surface area contributed by atoms with Crippen LogP contribution in [0.2, 0.25) is 0 Å². The fraction of sp³-hybridized carbons (Fsp3) is 0.231. The number of pyridine rings is 2. The number of ether oxygens (including phenoxy) is 1. The molecule has 1 aromatic carbocycles. The number of likely N-dealkylation sites (tertiary alicyclic amines) is 1. The van der Waals surface area contributed by atoms with E-state index in [0.29, 0.717) is 51.5 Å². The highest BCUT2D eigenvalue weighted by Gasteiger charge is 2.37. The number of fused-ring (bicyclic) bond motifs is 1. The van der Waals surface area contributed by atoms with Gasteiger partial charge in [0.05, 0.1) is 29.8 Å². The second kappa shape index (κ2) is 9.08. The first-order chi connectivity index (χ1) is 17.9. The normalized spacial score (nSPS) is 17.4. The van der Waals surface area contributed by atoms with Crippen LogP contribution in [-0.2, 0) is 4.79 Å². The number of amides is 1. The van der Waals surface area contributed by atoms with Crippen LogP contribution in [0.4, 0.5) is 4.39 Å². The van der Waals surface area contributed by atoms with Crippen LogP contribution in [0.5, 0.6) is 11.5 Å². The molecule has 0 radical (unpaired) electrons. The number of aromatic amines is 1. The largest absolute Gasteiger partial charge is 0.455 e. The van der Waals surface area contributed by atoms with Crippen molar-refractivity contribution in [2.45, 2.75) is 32.5 Å². The Bertz CT molecular complexity index is 1580. The lowest BCUT2D eigenvalue weighted by molar-refractivity contribution is -0.129. The Hall–Kier alpha value is -4.67. The molecular formula is C26H22FN7O3. The van der Waals surface area contributed by atoms with Crippen LogP contribution in [0.25, 0.3) is 34.1 Å². The van der Waals surface area contributed by atoms with Crippen molar-refractivity contribution in [2.24, 2.45) is 0 Å². The topological polar surface area (TPSA) is 123 Å². The van der Waals surface area contributed by atoms with Gasteiger partial charge in [-0.25, -0.2) is 14.4 Å². The molecule has 37 heavy (non-hydrogen) atoms. The van der Waals surface area contributed by atoms with Crippen LogP contribution in [0.1, 0.15) is 30.8 Å². The van der Waals surface area contributed by atoms with E-state index in [1.807, 2.05) is 24.3 Å². The quantitative estimate of drug-likeness (QED) is 0.366. The fourth-order valence-electron chi connectivity index (χ4n) is 4.56. The van der Waals surface area contributed by atoms with Crippen molar-refractivity contribution in [2.75, 3.05) is 6.54 Å². The highest BCUT2D eigenvalue weighted by Crippen LogP contribution is 2.41. The number of hydrogen-bond donors (Lipinski definition) is 1. The first-order valence-corrected chi connectivity index (χ1v) is 11.8. The molecule has 1 aliphatic rings. The molecule has 0 bridgehead atoms. The van der Waals surface area contributed by atoms with Gasteiger partial charge in [0.2, 0.25) is 17.6 Å². The highest BCUT2D eigenvalue weighted by atomic mass is 19.1. The predicted octanol–water partition coefficient (Wildman–Crippen LogP) is 4.80. The lowest BCUT2D eigenvalue weighted by Crippen LogP contribution is -2.29. The lowest BCUT2D eigenvalue weighted by atomic mass is 10.0. The standard InChI is InChI=1S/C26H22FN7O3/c1-14-30-26(33-37-14)20-7-6-17(12-29-20)36-24-11-22-21(31-25(32-22)19-5-3-4-8-28-19)10-18(24)23-9-16(27)13-34(23)15(2)35/h3-8,10-12,16,23H,9,13H2,1-2H3,(H,31,32)/t16-,23-/m1/s1. The first kappa shape index (κ1) is 22.8. The predicted molar refractivity (Wildman–Crippen MR) is 131 cm³/mol. The third-order valence-electron chi connectivity index (χ3n) is 6.26. The molecule has 1 fully saturated rings. The van der Waals surface area contributed by atoms with Crippen LogP contribution in [0.15, 0.2) is 59.4 Å². The van der Waals surface area contributed by atoms with Crippen molar-refractivity contribution < 1.29 is 18.4 Å². The summed E-state index contributed by atoms with van der Waals surface area (Å²) in [6.45, 7) is 3.19. The minimum Gasteiger partial charge on any atom is -0.455 e. The molecule has 186 valence electrons. The Balaban J connectivity index is 1.41. The van der Waals surface area contributed by atoms with Gasteiger partial charge in [0.25, 0.3) is 0 Å². The average Bonchev–Trinajstić information content (AvgIpc) is 3.62. The SMILES string of the molecule is CC(=O)N1C[C@H](F)C[C@@H]1c1cc2[nH]c(-c3ccccn3)nc2cc1Oc1ccc(-c2noc(C)n2)nc1. The van der Waals surface area contributed by atoms with Gasteiger partial charge in [0, 0.05) is 38.1 Å². The number of hydrogen-bond acceptors (Lipinski definition) is 8. The van der Waals surface area contributed by atoms with Crippen LogP contribution in [0, 0.1) is 6.92 Å². The summed E-state index contributed by atoms with van der Waals surface area (Å²) >= 11 is 0. The fourth-order valence-corrected chi connectivity index (χ4v) is 4.56. The Kier molecular flexibility index (Phi) is 5.59. The van der Waals surface area contributed by atoms with Crippen LogP contribution < -0.4 is 4.74 Å². The summed E-state index contributed by atoms with van der Waals surface area (Å²) in [5.74, 6) is 2.13. The lowest BCUT2D eigenvalue weighted by Gasteiger charge is -2.25. The molecule has 4 aromatic heterocycles. The number of H-pyrrole nitrogens is 1. The molecular weight excluding hydrogens is 477 g/mol. The molecule has 0 unspecified atom stereocenters. The van der Waals surface area contributed by atoms with Crippen LogP contribution in [0.3, 0.4) is 0 Å². The van der Waals surface area contributed by atoms with Gasteiger partial charge in [-0.1, -0.05) is 11.2 Å². The van der Waals surface area contributed by atoms with Gasteiger partial charge in [0.15, 0.2) is 5.82 Å². The Labute approximate surface area is 210 Å². The van der Waals surface area contributed by atoms with Gasteiger partial charge in [-0.3, -0.25) is 9.78 Å². The van der Waals surface area contributed by atoms with Crippen molar-refractivity contribution in [3.05, 3.63) is 66.3 Å². The van der Waals surface area contributed by atoms with Crippen molar-refractivity contribution in [3.63, 3.8) is 0 Å². The van der Waals surface area contributed by atoms with Gasteiger partial charge in [-0.2, -0.15) is 4.98 Å². The van der Waals surface area contributed by atoms with Crippen molar-refractivity contribution in [1.29, 1.82) is 0 Å². The number of imidazole rings is 1. The summed E-state index contributed by atoms with van der Waals surface area (Å²) in [5, 5.41) is 3.88. The van der Waals surface area contributed by atoms with E-state index in [1.54, 1.807) is 37.5 Å². The average molecular weight is 500 g/mol. The van der Waals surface area contributed by atoms with Gasteiger partial charge in [0.1, 0.15) is 29.1 Å². The summed E-state index contributed by atoms with van der Waals surface area (Å²) in [6.07, 6.45) is 2.30. The Morgan fingerprint density at radius 1 is 1.16 bits per heavy atom. The second-order valence-electron chi connectivity index (χ2n) is 8.85. The zero-order chi connectivity index (χ0) is 25.5. The molecule has 1 amide bonds. The molecule has 2 atom stereocenters. The minimum atomic E-state index is -1.12. The molecule has 0 aliphatic carbocycles. The molecule has 1 saturated heterocycles. The van der Waals surface area contributed by atoms with Crippen LogP contribution in [-0.4, -0.2) is 53.6 Å². The molecule has 5 heterocycles. The third kappa shape index (κ3) is 4.39. The van der Waals surface area contributed by atoms with Gasteiger partial charge >= 0.3 is 0 Å². The van der Waals surface area contributed by atoms with Crippen molar-refractivity contribution >= 4 is 16.9 Å². The number of carbonyl (C=O) groups excluding carboxylic acids is 1. The molecule has 10 nitrogen and oxygen atoms in total. The van der Waals surface area contributed by atoms with E-state index in [1.165, 1.54) is 11.8 Å². The summed E-state index contributed by atoms with van der Waals surface area (Å²) in [7, 11) is 0. The maximum Gasteiger partial charge on any atom is 0.223 e. The van der Waals surface area contributed by atoms with Gasteiger partial charge in [-0.05, 0) is 30.3 Å². The summed E-state index contributed by atoms with van der Waals surface area (Å²) < 4.78 is 25.8. The molecule has 11 heteroatoms. The van der Waals surface area contributed by atoms with E-state index >= 15 is 0 Å². The number of carbonyl (C=O) groups is 1. The van der Waals surface area contributed by atoms with E-state index in [-0.39, 0.29) is 18.9 Å². The summed E-state index contributed by atoms with van der Waals surface area (Å²) in [6, 6.07) is 12.2. The Morgan fingerprint density at radius 3 is 2.76 bits per heavy atom. The molecule has 1 N–H and O–H groups in total. The van der Waals surface area contributed by atoms with E-state index in [2.05, 4.69) is 30.1 Å². The van der Waals surface area contributed by atoms with E-state index < -0.39 is 12.2 Å². The minimum absolute atomic E-state index is 0.0417. The zero-order valence-corrected chi connectivity index (χ0v) is 20.1. The van der Waals surface area contributed by atoms with Crippen molar-refractivity contribution in [1.82, 2.24) is 35.0 Å². The Morgan fingerprint density at radius 2 is 2.05 bits per heavy atom. The number of nitrogens with zero attached hydrogens (tertiary/aromatic N) is 6. The molecule has 0 spiro atoms. The maximum absolute atomic E-state index is 14.5. The highest BCUT2D eigenvalue weighted by molar-refractivity contribution is 5.82. The smallest absolute Gasteiger partial charge is 0.223 e. The second-order valence-corrected chi connectivity index (χ2v) is 8.85. The third-order valence-corrected chi connectivity index (χ3v) is 6.26. The molecule has 1 aliphatic heterocycles. The van der Waals surface area contributed by atoms with E-state index in [4.69, 9.17) is 9.26 Å². The monoisotopic (exact) mass is 499 g/mol. The number of nitrogens with one attached hydrogen (secondary N) is 1. The summed E-state index contributed by atoms with van der Waals surface area (Å²) in [5.41, 5.74) is 3.28. The number of benzene rings is 1. The number of aromatic nitrogens is 6. The number of alkyl halides is 1. The van der Waals surface area contributed by atoms with E-state index in [0.717, 1.165) is 5.52 Å². The van der Waals surface area contributed by atoms with Gasteiger partial charge < -0.3 is 19.1 Å². The number of rotatable bonds is 5. The van der Waals surface area contributed by atoms with Gasteiger partial charge in [-0.15, -0.1) is 0 Å². The first-order valence-electron chi connectivity index (χ1n) is 11.8. The summed E-state index contributed by atoms with van der Waals surface area (Å²) in [4.78, 5) is 34.8. The maximum atomic E-state index is 14.5. The molecule has 5 aromatic rings.